The highest BCUT2D eigenvalue weighted by Gasteiger charge is 2.20. The van der Waals surface area contributed by atoms with Crippen molar-refractivity contribution in [1.29, 1.82) is 0 Å². The first-order valence-corrected chi connectivity index (χ1v) is 12.7. The first-order chi connectivity index (χ1) is 14.3. The van der Waals surface area contributed by atoms with Crippen molar-refractivity contribution in [3.8, 4) is 0 Å². The van der Waals surface area contributed by atoms with E-state index >= 15 is 0 Å². The maximum absolute atomic E-state index is 13.4. The molecule has 2 atom stereocenters. The third kappa shape index (κ3) is 3.22. The number of fused-ring (bicyclic) bond motifs is 2. The lowest BCUT2D eigenvalue weighted by molar-refractivity contribution is 0.681. The second kappa shape index (κ2) is 6.79. The fourth-order valence-corrected chi connectivity index (χ4v) is 6.71. The van der Waals surface area contributed by atoms with E-state index in [0.717, 1.165) is 22.3 Å². The van der Waals surface area contributed by atoms with Gasteiger partial charge in [0.2, 0.25) is 0 Å². The lowest BCUT2D eigenvalue weighted by Crippen LogP contribution is -2.02. The number of aryl methyl sites for hydroxylation is 2. The second-order valence-electron chi connectivity index (χ2n) is 7.52. The molecular formula is C24H20N2O2S2. The van der Waals surface area contributed by atoms with Crippen LogP contribution in [0.2, 0.25) is 0 Å². The smallest absolute Gasteiger partial charge is 0.102 e. The molecule has 2 heterocycles. The molecule has 3 aromatic rings. The highest BCUT2D eigenvalue weighted by Crippen LogP contribution is 2.39. The predicted molar refractivity (Wildman–Crippen MR) is 124 cm³/mol. The van der Waals surface area contributed by atoms with Crippen molar-refractivity contribution in [1.82, 2.24) is 0 Å². The van der Waals surface area contributed by atoms with Crippen molar-refractivity contribution in [3.05, 3.63) is 93.7 Å². The molecule has 0 bridgehead atoms. The van der Waals surface area contributed by atoms with E-state index in [2.05, 4.69) is 8.73 Å². The van der Waals surface area contributed by atoms with E-state index in [9.17, 15) is 8.42 Å². The Labute approximate surface area is 177 Å². The number of hydrogen-bond donors (Lipinski definition) is 0. The van der Waals surface area contributed by atoms with Gasteiger partial charge in [-0.3, -0.25) is 0 Å². The lowest BCUT2D eigenvalue weighted by Gasteiger charge is -2.17. The van der Waals surface area contributed by atoms with Gasteiger partial charge in [-0.25, -0.2) is 8.42 Å². The number of hydrogen-bond acceptors (Lipinski definition) is 4. The minimum atomic E-state index is -2.66. The Balaban J connectivity index is 1.61. The Morgan fingerprint density at radius 2 is 0.967 bits per heavy atom. The lowest BCUT2D eigenvalue weighted by atomic mass is 10.1. The standard InChI is InChI=1S/C24H20N2O2S2/c1-17-3-7-21(8-4-17)29(27)13-11-19-16-24-20(15-23(19)25-29)12-14-30(28,26-24)22-9-5-18(2)6-10-22/h3-16H,1-2H3/t29-,30-/m1/s1. The van der Waals surface area contributed by atoms with Crippen LogP contribution in [0.15, 0.2) is 90.0 Å². The van der Waals surface area contributed by atoms with Gasteiger partial charge >= 0.3 is 0 Å². The van der Waals surface area contributed by atoms with Crippen molar-refractivity contribution >= 4 is 43.0 Å². The molecule has 0 fully saturated rings. The number of nitrogens with zero attached hydrogens (tertiary/aromatic N) is 2. The van der Waals surface area contributed by atoms with E-state index in [1.54, 1.807) is 10.8 Å². The van der Waals surface area contributed by atoms with Crippen LogP contribution in [-0.2, 0) is 19.5 Å². The number of benzene rings is 3. The van der Waals surface area contributed by atoms with Gasteiger partial charge in [-0.15, -0.1) is 0 Å². The van der Waals surface area contributed by atoms with Crippen LogP contribution in [0.25, 0.3) is 12.2 Å². The molecule has 0 N–H and O–H groups in total. The van der Waals surface area contributed by atoms with Gasteiger partial charge in [0.05, 0.1) is 21.2 Å². The predicted octanol–water partition coefficient (Wildman–Crippen LogP) is 6.59. The Morgan fingerprint density at radius 3 is 1.33 bits per heavy atom. The minimum Gasteiger partial charge on any atom is -0.240 e. The molecule has 5 rings (SSSR count). The zero-order chi connectivity index (χ0) is 20.9. The third-order valence-corrected chi connectivity index (χ3v) is 9.07. The molecule has 0 unspecified atom stereocenters. The average molecular weight is 433 g/mol. The summed E-state index contributed by atoms with van der Waals surface area (Å²) in [6, 6.07) is 19.0. The Morgan fingerprint density at radius 1 is 0.600 bits per heavy atom. The van der Waals surface area contributed by atoms with Crippen molar-refractivity contribution in [2.45, 2.75) is 23.6 Å². The molecule has 0 aromatic heterocycles. The van der Waals surface area contributed by atoms with Crippen molar-refractivity contribution in [2.24, 2.45) is 8.73 Å². The van der Waals surface area contributed by atoms with E-state index in [1.807, 2.05) is 86.7 Å². The van der Waals surface area contributed by atoms with Gasteiger partial charge in [-0.05, 0) is 62.4 Å². The molecule has 6 heteroatoms. The summed E-state index contributed by atoms with van der Waals surface area (Å²) >= 11 is 0. The molecule has 4 nitrogen and oxygen atoms in total. The average Bonchev–Trinajstić information content (AvgIpc) is 2.73. The van der Waals surface area contributed by atoms with Crippen LogP contribution in [0, 0.1) is 13.8 Å². The molecule has 0 aliphatic carbocycles. The maximum atomic E-state index is 13.4. The first-order valence-electron chi connectivity index (χ1n) is 9.57. The van der Waals surface area contributed by atoms with Gasteiger partial charge in [0.15, 0.2) is 0 Å². The largest absolute Gasteiger partial charge is 0.240 e. The Kier molecular flexibility index (Phi) is 4.31. The summed E-state index contributed by atoms with van der Waals surface area (Å²) in [6.45, 7) is 3.99. The van der Waals surface area contributed by atoms with Gasteiger partial charge < -0.3 is 0 Å². The molecular weight excluding hydrogens is 412 g/mol. The zero-order valence-corrected chi connectivity index (χ0v) is 18.2. The van der Waals surface area contributed by atoms with Gasteiger partial charge in [-0.2, -0.15) is 8.73 Å². The summed E-state index contributed by atoms with van der Waals surface area (Å²) in [4.78, 5) is 1.38. The molecule has 3 aromatic carbocycles. The van der Waals surface area contributed by atoms with Gasteiger partial charge in [0, 0.05) is 21.9 Å². The van der Waals surface area contributed by atoms with Gasteiger partial charge in [0.1, 0.15) is 19.5 Å². The molecule has 2 aliphatic heterocycles. The molecule has 2 aliphatic rings. The minimum absolute atomic E-state index is 0.658. The van der Waals surface area contributed by atoms with E-state index in [0.29, 0.717) is 21.2 Å². The quantitative estimate of drug-likeness (QED) is 0.459. The van der Waals surface area contributed by atoms with Crippen LogP contribution in [0.3, 0.4) is 0 Å². The summed E-state index contributed by atoms with van der Waals surface area (Å²) in [5.41, 5.74) is 5.18. The van der Waals surface area contributed by atoms with Crippen molar-refractivity contribution in [2.75, 3.05) is 0 Å². The van der Waals surface area contributed by atoms with Crippen LogP contribution in [0.5, 0.6) is 0 Å². The highest BCUT2D eigenvalue weighted by atomic mass is 32.2. The van der Waals surface area contributed by atoms with E-state index in [1.165, 1.54) is 0 Å². The van der Waals surface area contributed by atoms with Gasteiger partial charge in [0.25, 0.3) is 0 Å². The first kappa shape index (κ1) is 19.0. The second-order valence-corrected chi connectivity index (χ2v) is 11.6. The summed E-state index contributed by atoms with van der Waals surface area (Å²) in [7, 11) is -5.32. The molecule has 0 amide bonds. The molecule has 150 valence electrons. The fourth-order valence-electron chi connectivity index (χ4n) is 3.45. The van der Waals surface area contributed by atoms with E-state index in [4.69, 9.17) is 0 Å². The molecule has 0 spiro atoms. The zero-order valence-electron chi connectivity index (χ0n) is 16.6. The summed E-state index contributed by atoms with van der Waals surface area (Å²) in [5, 5.41) is 3.31. The Bertz CT molecular complexity index is 1360. The summed E-state index contributed by atoms with van der Waals surface area (Å²) in [6.07, 6.45) is 3.65. The SMILES string of the molecule is Cc1ccc([S@@]2(=O)=Nc3cc4c(cc3C=C2)N=[S@](=O)(c2ccc(C)cc2)C=C4)cc1. The number of rotatable bonds is 2. The molecule has 30 heavy (non-hydrogen) atoms. The monoisotopic (exact) mass is 432 g/mol. The third-order valence-electron chi connectivity index (χ3n) is 5.23. The molecule has 0 saturated heterocycles. The fraction of sp³-hybridized carbons (Fsp3) is 0.0833. The van der Waals surface area contributed by atoms with Crippen molar-refractivity contribution in [3.63, 3.8) is 0 Å². The highest BCUT2D eigenvalue weighted by molar-refractivity contribution is 7.97. The Hall–Kier alpha value is -2.96. The van der Waals surface area contributed by atoms with Crippen LogP contribution >= 0.6 is 0 Å². The molecule has 0 saturated carbocycles. The van der Waals surface area contributed by atoms with Crippen LogP contribution < -0.4 is 0 Å². The topological polar surface area (TPSA) is 58.9 Å². The molecule has 0 radical (unpaired) electrons. The van der Waals surface area contributed by atoms with E-state index < -0.39 is 19.5 Å². The van der Waals surface area contributed by atoms with E-state index in [-0.39, 0.29) is 0 Å². The van der Waals surface area contributed by atoms with Crippen LogP contribution in [-0.4, -0.2) is 8.42 Å². The van der Waals surface area contributed by atoms with Crippen LogP contribution in [0.4, 0.5) is 11.4 Å². The summed E-state index contributed by atoms with van der Waals surface area (Å²) < 4.78 is 36.0. The van der Waals surface area contributed by atoms with Gasteiger partial charge in [-0.1, -0.05) is 35.4 Å². The maximum Gasteiger partial charge on any atom is 0.102 e. The normalized spacial score (nSPS) is 23.8. The summed E-state index contributed by atoms with van der Waals surface area (Å²) in [5.74, 6) is 0. The van der Waals surface area contributed by atoms with Crippen molar-refractivity contribution < 1.29 is 8.42 Å². The van der Waals surface area contributed by atoms with Crippen LogP contribution in [0.1, 0.15) is 22.3 Å².